The van der Waals surface area contributed by atoms with Crippen LogP contribution in [0.2, 0.25) is 0 Å². The van der Waals surface area contributed by atoms with Crippen LogP contribution >= 0.6 is 24.0 Å². The predicted octanol–water partition coefficient (Wildman–Crippen LogP) is 4.84. The van der Waals surface area contributed by atoms with Crippen molar-refractivity contribution in [2.24, 2.45) is 5.41 Å². The zero-order valence-electron chi connectivity index (χ0n) is 12.1. The topological polar surface area (TPSA) is 3.24 Å². The summed E-state index contributed by atoms with van der Waals surface area (Å²) in [4.78, 5) is 4.11. The summed E-state index contributed by atoms with van der Waals surface area (Å²) in [5.74, 6) is 1.05. The third kappa shape index (κ3) is 4.51. The van der Waals surface area contributed by atoms with Gasteiger partial charge in [0.2, 0.25) is 0 Å². The minimum Gasteiger partial charge on any atom is -0.298 e. The second kappa shape index (κ2) is 7.70. The zero-order chi connectivity index (χ0) is 13.6. The highest BCUT2D eigenvalue weighted by atomic mass is 32.1. The minimum absolute atomic E-state index is 0.465. The number of rotatable bonds is 6. The van der Waals surface area contributed by atoms with E-state index in [1.807, 2.05) is 11.3 Å². The van der Waals surface area contributed by atoms with Crippen LogP contribution in [-0.2, 0) is 6.54 Å². The number of hydrogen-bond acceptors (Lipinski definition) is 3. The Bertz CT molecular complexity index is 340. The van der Waals surface area contributed by atoms with Crippen molar-refractivity contribution in [2.45, 2.75) is 52.0 Å². The van der Waals surface area contributed by atoms with Gasteiger partial charge in [0.15, 0.2) is 0 Å². The maximum atomic E-state index is 4.70. The van der Waals surface area contributed by atoms with Crippen molar-refractivity contribution in [3.8, 4) is 0 Å². The molecule has 19 heavy (non-hydrogen) atoms. The van der Waals surface area contributed by atoms with Gasteiger partial charge in [0, 0.05) is 18.0 Å². The fourth-order valence-electron chi connectivity index (χ4n) is 3.22. The molecule has 0 N–H and O–H groups in total. The molecule has 108 valence electrons. The Hall–Kier alpha value is 0.01000. The number of nitrogens with zero attached hydrogens (tertiary/aromatic N) is 1. The molecule has 1 aromatic rings. The lowest BCUT2D eigenvalue weighted by Crippen LogP contribution is -2.38. The average Bonchev–Trinajstić information content (AvgIpc) is 2.83. The summed E-state index contributed by atoms with van der Waals surface area (Å²) < 4.78 is 0. The molecular formula is C16H27NS2. The van der Waals surface area contributed by atoms with E-state index >= 15 is 0 Å². The second-order valence-electron chi connectivity index (χ2n) is 5.95. The van der Waals surface area contributed by atoms with Gasteiger partial charge in [-0.15, -0.1) is 11.3 Å². The van der Waals surface area contributed by atoms with Gasteiger partial charge >= 0.3 is 0 Å². The van der Waals surface area contributed by atoms with Crippen LogP contribution in [0.15, 0.2) is 17.5 Å². The first-order valence-corrected chi connectivity index (χ1v) is 9.15. The van der Waals surface area contributed by atoms with Crippen LogP contribution in [0.1, 0.15) is 50.3 Å². The molecule has 0 radical (unpaired) electrons. The van der Waals surface area contributed by atoms with E-state index in [-0.39, 0.29) is 0 Å². The Labute approximate surface area is 127 Å². The van der Waals surface area contributed by atoms with Crippen molar-refractivity contribution in [3.05, 3.63) is 22.4 Å². The highest BCUT2D eigenvalue weighted by Gasteiger charge is 2.31. The van der Waals surface area contributed by atoms with Crippen molar-refractivity contribution < 1.29 is 0 Å². The van der Waals surface area contributed by atoms with Crippen LogP contribution < -0.4 is 0 Å². The molecule has 3 heteroatoms. The first kappa shape index (κ1) is 15.4. The molecule has 2 rings (SSSR count). The highest BCUT2D eigenvalue weighted by molar-refractivity contribution is 7.80. The van der Waals surface area contributed by atoms with Crippen molar-refractivity contribution >= 4 is 24.0 Å². The predicted molar refractivity (Wildman–Crippen MR) is 89.3 cm³/mol. The minimum atomic E-state index is 0.465. The van der Waals surface area contributed by atoms with Gasteiger partial charge in [-0.3, -0.25) is 4.90 Å². The molecule has 0 unspecified atom stereocenters. The summed E-state index contributed by atoms with van der Waals surface area (Å²) in [6.07, 6.45) is 8.39. The molecule has 0 aromatic carbocycles. The molecule has 0 amide bonds. The standard InChI is InChI=1S/C16H27NS2/c1-2-17(12-15-8-7-11-19-15)13-16(14-18)9-5-3-4-6-10-16/h7-8,11,18H,2-6,9-10,12-14H2,1H3. The normalized spacial score (nSPS) is 19.5. The summed E-state index contributed by atoms with van der Waals surface area (Å²) >= 11 is 6.58. The fraction of sp³-hybridized carbons (Fsp3) is 0.750. The van der Waals surface area contributed by atoms with Crippen LogP contribution in [0.5, 0.6) is 0 Å². The maximum Gasteiger partial charge on any atom is 0.0328 e. The Morgan fingerprint density at radius 1 is 1.26 bits per heavy atom. The van der Waals surface area contributed by atoms with Crippen LogP contribution in [-0.4, -0.2) is 23.7 Å². The maximum absolute atomic E-state index is 4.70. The average molecular weight is 298 g/mol. The first-order chi connectivity index (χ1) is 9.28. The Kier molecular flexibility index (Phi) is 6.24. The van der Waals surface area contributed by atoms with Gasteiger partial charge in [0.1, 0.15) is 0 Å². The lowest BCUT2D eigenvalue weighted by atomic mass is 9.81. The molecular weight excluding hydrogens is 270 g/mol. The van der Waals surface area contributed by atoms with Crippen LogP contribution in [0.4, 0.5) is 0 Å². The SMILES string of the molecule is CCN(Cc1cccs1)CC1(CS)CCCCCC1. The smallest absolute Gasteiger partial charge is 0.0328 e. The van der Waals surface area contributed by atoms with Crippen molar-refractivity contribution in [1.29, 1.82) is 0 Å². The van der Waals surface area contributed by atoms with Gasteiger partial charge in [-0.25, -0.2) is 0 Å². The van der Waals surface area contributed by atoms with Crippen molar-refractivity contribution in [3.63, 3.8) is 0 Å². The van der Waals surface area contributed by atoms with E-state index in [9.17, 15) is 0 Å². The van der Waals surface area contributed by atoms with E-state index in [2.05, 4.69) is 29.3 Å². The van der Waals surface area contributed by atoms with Crippen LogP contribution in [0.3, 0.4) is 0 Å². The van der Waals surface area contributed by atoms with Gasteiger partial charge in [-0.05, 0) is 42.0 Å². The molecule has 0 spiro atoms. The van der Waals surface area contributed by atoms with Crippen LogP contribution in [0, 0.1) is 5.41 Å². The van der Waals surface area contributed by atoms with E-state index in [4.69, 9.17) is 12.6 Å². The number of thiophene rings is 1. The van der Waals surface area contributed by atoms with E-state index in [1.54, 1.807) is 0 Å². The fourth-order valence-corrected chi connectivity index (χ4v) is 4.38. The largest absolute Gasteiger partial charge is 0.298 e. The summed E-state index contributed by atoms with van der Waals surface area (Å²) in [5, 5.41) is 2.18. The second-order valence-corrected chi connectivity index (χ2v) is 7.30. The molecule has 1 fully saturated rings. The Balaban J connectivity index is 1.97. The monoisotopic (exact) mass is 297 g/mol. The van der Waals surface area contributed by atoms with E-state index in [0.717, 1.165) is 18.8 Å². The quantitative estimate of drug-likeness (QED) is 0.581. The number of hydrogen-bond donors (Lipinski definition) is 1. The third-order valence-electron chi connectivity index (χ3n) is 4.47. The van der Waals surface area contributed by atoms with Gasteiger partial charge in [-0.1, -0.05) is 38.7 Å². The molecule has 1 aliphatic rings. The summed E-state index contributed by atoms with van der Waals surface area (Å²) in [7, 11) is 0. The molecule has 0 aliphatic heterocycles. The number of thiol groups is 1. The van der Waals surface area contributed by atoms with Crippen LogP contribution in [0.25, 0.3) is 0 Å². The molecule has 0 atom stereocenters. The van der Waals surface area contributed by atoms with E-state index in [1.165, 1.54) is 49.9 Å². The molecule has 1 nitrogen and oxygen atoms in total. The summed E-state index contributed by atoms with van der Waals surface area (Å²) in [6.45, 7) is 5.78. The van der Waals surface area contributed by atoms with E-state index < -0.39 is 0 Å². The Morgan fingerprint density at radius 2 is 2.00 bits per heavy atom. The van der Waals surface area contributed by atoms with Crippen molar-refractivity contribution in [2.75, 3.05) is 18.8 Å². The lowest BCUT2D eigenvalue weighted by Gasteiger charge is -2.36. The molecule has 1 aromatic heterocycles. The summed E-state index contributed by atoms with van der Waals surface area (Å²) in [6, 6.07) is 4.42. The van der Waals surface area contributed by atoms with Gasteiger partial charge in [0.25, 0.3) is 0 Å². The molecule has 1 aliphatic carbocycles. The van der Waals surface area contributed by atoms with Gasteiger partial charge in [0.05, 0.1) is 0 Å². The molecule has 0 saturated heterocycles. The Morgan fingerprint density at radius 3 is 2.53 bits per heavy atom. The molecule has 1 saturated carbocycles. The van der Waals surface area contributed by atoms with Gasteiger partial charge < -0.3 is 0 Å². The first-order valence-electron chi connectivity index (χ1n) is 7.63. The highest BCUT2D eigenvalue weighted by Crippen LogP contribution is 2.37. The molecule has 0 bridgehead atoms. The third-order valence-corrected chi connectivity index (χ3v) is 6.00. The van der Waals surface area contributed by atoms with Gasteiger partial charge in [-0.2, -0.15) is 12.6 Å². The van der Waals surface area contributed by atoms with E-state index in [0.29, 0.717) is 5.41 Å². The summed E-state index contributed by atoms with van der Waals surface area (Å²) in [5.41, 5.74) is 0.465. The zero-order valence-corrected chi connectivity index (χ0v) is 13.8. The lowest BCUT2D eigenvalue weighted by molar-refractivity contribution is 0.151. The molecule has 1 heterocycles. The van der Waals surface area contributed by atoms with Crippen molar-refractivity contribution in [1.82, 2.24) is 4.90 Å².